The van der Waals surface area contributed by atoms with Gasteiger partial charge in [0.05, 0.1) is 16.7 Å². The van der Waals surface area contributed by atoms with E-state index in [2.05, 4.69) is 9.88 Å². The number of pyridine rings is 1. The van der Waals surface area contributed by atoms with Crippen molar-refractivity contribution in [3.63, 3.8) is 0 Å². The monoisotopic (exact) mass is 286 g/mol. The highest BCUT2D eigenvalue weighted by molar-refractivity contribution is 6.02. The number of aromatic nitrogens is 1. The molecule has 1 saturated heterocycles. The fourth-order valence-corrected chi connectivity index (χ4v) is 2.72. The highest BCUT2D eigenvalue weighted by atomic mass is 16.4. The van der Waals surface area contributed by atoms with Crippen molar-refractivity contribution in [3.05, 3.63) is 35.9 Å². The number of aromatic carboxylic acids is 1. The number of anilines is 1. The minimum absolute atomic E-state index is 0.271. The zero-order valence-corrected chi connectivity index (χ0v) is 11.9. The smallest absolute Gasteiger partial charge is 0.336 e. The third-order valence-corrected chi connectivity index (χ3v) is 4.11. The predicted molar refractivity (Wildman–Crippen MR) is 80.8 cm³/mol. The van der Waals surface area contributed by atoms with E-state index < -0.39 is 11.6 Å². The van der Waals surface area contributed by atoms with Gasteiger partial charge in [0.1, 0.15) is 5.82 Å². The molecule has 2 N–H and O–H groups in total. The highest BCUT2D eigenvalue weighted by Crippen LogP contribution is 2.27. The van der Waals surface area contributed by atoms with Crippen molar-refractivity contribution < 1.29 is 15.0 Å². The second-order valence-electron chi connectivity index (χ2n) is 5.83. The minimum Gasteiger partial charge on any atom is -0.478 e. The number of carboxylic acids is 1. The van der Waals surface area contributed by atoms with Crippen LogP contribution in [0.4, 0.5) is 5.82 Å². The molecule has 3 rings (SSSR count). The molecule has 5 heteroatoms. The number of hydrogen-bond donors (Lipinski definition) is 2. The maximum absolute atomic E-state index is 11.2. The van der Waals surface area contributed by atoms with Gasteiger partial charge in [-0.25, -0.2) is 9.78 Å². The molecule has 1 aliphatic rings. The van der Waals surface area contributed by atoms with E-state index in [1.54, 1.807) is 12.1 Å². The number of nitrogens with zero attached hydrogens (tertiary/aromatic N) is 2. The molecule has 2 heterocycles. The summed E-state index contributed by atoms with van der Waals surface area (Å²) in [6.07, 6.45) is 1.42. The summed E-state index contributed by atoms with van der Waals surface area (Å²) in [5.41, 5.74) is 0.363. The van der Waals surface area contributed by atoms with E-state index in [1.807, 2.05) is 25.1 Å². The van der Waals surface area contributed by atoms with Crippen LogP contribution in [0.5, 0.6) is 0 Å². The van der Waals surface area contributed by atoms with Crippen LogP contribution in [-0.4, -0.2) is 39.9 Å². The van der Waals surface area contributed by atoms with Gasteiger partial charge in [0, 0.05) is 18.5 Å². The van der Waals surface area contributed by atoms with Gasteiger partial charge in [-0.2, -0.15) is 0 Å². The molecule has 5 nitrogen and oxygen atoms in total. The van der Waals surface area contributed by atoms with Crippen molar-refractivity contribution in [1.29, 1.82) is 0 Å². The first-order chi connectivity index (χ1) is 9.96. The fourth-order valence-electron chi connectivity index (χ4n) is 2.72. The summed E-state index contributed by atoms with van der Waals surface area (Å²) in [6.45, 7) is 3.37. The number of rotatable bonds is 2. The summed E-state index contributed by atoms with van der Waals surface area (Å²) in [5.74, 6) is -0.107. The van der Waals surface area contributed by atoms with Gasteiger partial charge in [-0.3, -0.25) is 0 Å². The van der Waals surface area contributed by atoms with E-state index in [0.717, 1.165) is 18.9 Å². The lowest BCUT2D eigenvalue weighted by Crippen LogP contribution is -2.42. The molecule has 1 fully saturated rings. The molecule has 21 heavy (non-hydrogen) atoms. The Morgan fingerprint density at radius 3 is 2.62 bits per heavy atom. The Kier molecular flexibility index (Phi) is 3.29. The molecule has 0 bridgehead atoms. The zero-order valence-electron chi connectivity index (χ0n) is 11.9. The molecule has 0 unspecified atom stereocenters. The topological polar surface area (TPSA) is 73.7 Å². The van der Waals surface area contributed by atoms with Crippen LogP contribution in [0.1, 0.15) is 30.1 Å². The van der Waals surface area contributed by atoms with Crippen molar-refractivity contribution in [2.24, 2.45) is 0 Å². The largest absolute Gasteiger partial charge is 0.478 e. The molecule has 1 aromatic heterocycles. The molecule has 1 aliphatic heterocycles. The molecule has 0 amide bonds. The van der Waals surface area contributed by atoms with Crippen molar-refractivity contribution in [2.75, 3.05) is 18.0 Å². The van der Waals surface area contributed by atoms with E-state index in [9.17, 15) is 15.0 Å². The Morgan fingerprint density at radius 1 is 1.24 bits per heavy atom. The molecule has 0 aliphatic carbocycles. The van der Waals surface area contributed by atoms with E-state index >= 15 is 0 Å². The summed E-state index contributed by atoms with van der Waals surface area (Å²) in [4.78, 5) is 17.9. The van der Waals surface area contributed by atoms with Crippen LogP contribution in [0.3, 0.4) is 0 Å². The average molecular weight is 286 g/mol. The van der Waals surface area contributed by atoms with Crippen LogP contribution < -0.4 is 4.90 Å². The number of fused-ring (bicyclic) bond motifs is 1. The molecular formula is C16H18N2O3. The summed E-state index contributed by atoms with van der Waals surface area (Å²) in [6, 6.07) is 8.79. The third-order valence-electron chi connectivity index (χ3n) is 4.11. The maximum Gasteiger partial charge on any atom is 0.336 e. The maximum atomic E-state index is 11.2. The van der Waals surface area contributed by atoms with Gasteiger partial charge in [0.2, 0.25) is 0 Å². The molecular weight excluding hydrogens is 268 g/mol. The molecule has 0 atom stereocenters. The van der Waals surface area contributed by atoms with Gasteiger partial charge in [-0.15, -0.1) is 0 Å². The van der Waals surface area contributed by atoms with Gasteiger partial charge in [0.15, 0.2) is 0 Å². The molecule has 1 aromatic carbocycles. The standard InChI is InChI=1S/C16H18N2O3/c1-16(21)7-9-18(10-8-16)14-6-5-11-12(15(19)20)3-2-4-13(11)17-14/h2-6,21H,7-10H2,1H3,(H,19,20). The van der Waals surface area contributed by atoms with Gasteiger partial charge in [-0.1, -0.05) is 6.07 Å². The number of benzene rings is 1. The summed E-state index contributed by atoms with van der Waals surface area (Å²) in [7, 11) is 0. The number of carboxylic acid groups (broad SMARTS) is 1. The first-order valence-electron chi connectivity index (χ1n) is 7.07. The van der Waals surface area contributed by atoms with E-state index in [-0.39, 0.29) is 5.56 Å². The summed E-state index contributed by atoms with van der Waals surface area (Å²) >= 11 is 0. The molecule has 0 spiro atoms. The summed E-state index contributed by atoms with van der Waals surface area (Å²) < 4.78 is 0. The Morgan fingerprint density at radius 2 is 1.95 bits per heavy atom. The van der Waals surface area contributed by atoms with Gasteiger partial charge in [-0.05, 0) is 44.0 Å². The van der Waals surface area contributed by atoms with Crippen LogP contribution >= 0.6 is 0 Å². The minimum atomic E-state index is -0.941. The fraction of sp³-hybridized carbons (Fsp3) is 0.375. The Hall–Kier alpha value is -2.14. The van der Waals surface area contributed by atoms with E-state index in [0.29, 0.717) is 23.7 Å². The van der Waals surface area contributed by atoms with Crippen LogP contribution in [-0.2, 0) is 0 Å². The Balaban J connectivity index is 1.94. The molecule has 110 valence electrons. The lowest BCUT2D eigenvalue weighted by molar-refractivity contribution is 0.0350. The zero-order chi connectivity index (χ0) is 15.0. The Bertz CT molecular complexity index is 687. The van der Waals surface area contributed by atoms with E-state index in [1.165, 1.54) is 0 Å². The average Bonchev–Trinajstić information content (AvgIpc) is 2.46. The molecule has 2 aromatic rings. The van der Waals surface area contributed by atoms with Gasteiger partial charge >= 0.3 is 5.97 Å². The number of aliphatic hydroxyl groups is 1. The van der Waals surface area contributed by atoms with Gasteiger partial charge in [0.25, 0.3) is 0 Å². The van der Waals surface area contributed by atoms with E-state index in [4.69, 9.17) is 0 Å². The number of piperidine rings is 1. The number of hydrogen-bond acceptors (Lipinski definition) is 4. The van der Waals surface area contributed by atoms with Crippen LogP contribution in [0.25, 0.3) is 10.9 Å². The van der Waals surface area contributed by atoms with Crippen LogP contribution in [0.2, 0.25) is 0 Å². The second-order valence-corrected chi connectivity index (χ2v) is 5.83. The first-order valence-corrected chi connectivity index (χ1v) is 7.07. The first kappa shape index (κ1) is 13.8. The third kappa shape index (κ3) is 2.69. The summed E-state index contributed by atoms with van der Waals surface area (Å²) in [5, 5.41) is 19.8. The molecule has 0 radical (unpaired) electrons. The van der Waals surface area contributed by atoms with Crippen LogP contribution in [0.15, 0.2) is 30.3 Å². The lowest BCUT2D eigenvalue weighted by atomic mass is 9.94. The van der Waals surface area contributed by atoms with Crippen molar-refractivity contribution in [2.45, 2.75) is 25.4 Å². The second kappa shape index (κ2) is 5.00. The highest BCUT2D eigenvalue weighted by Gasteiger charge is 2.27. The predicted octanol–water partition coefficient (Wildman–Crippen LogP) is 2.28. The Labute approximate surface area is 122 Å². The van der Waals surface area contributed by atoms with Crippen LogP contribution in [0, 0.1) is 0 Å². The molecule has 0 saturated carbocycles. The van der Waals surface area contributed by atoms with Gasteiger partial charge < -0.3 is 15.1 Å². The normalized spacial score (nSPS) is 17.9. The van der Waals surface area contributed by atoms with Crippen molar-refractivity contribution in [1.82, 2.24) is 4.98 Å². The SMILES string of the molecule is CC1(O)CCN(c2ccc3c(C(=O)O)cccc3n2)CC1. The van der Waals surface area contributed by atoms with Crippen molar-refractivity contribution >= 4 is 22.7 Å². The lowest BCUT2D eigenvalue weighted by Gasteiger charge is -2.36. The number of carbonyl (C=O) groups is 1. The van der Waals surface area contributed by atoms with Crippen molar-refractivity contribution in [3.8, 4) is 0 Å². The quantitative estimate of drug-likeness (QED) is 0.886.